The molecule has 580 valence electrons. The van der Waals surface area contributed by atoms with Gasteiger partial charge >= 0.3 is 11.9 Å². The second-order valence-electron chi connectivity index (χ2n) is 31.0. The number of benzene rings is 6. The van der Waals surface area contributed by atoms with Crippen LogP contribution in [0.3, 0.4) is 0 Å². The number of fused-ring (bicyclic) bond motifs is 2. The molecule has 6 aromatic carbocycles. The SMILES string of the molecule is CN[C@@H](C)C(=O)N[C@H](C(=O)N1CC[C@@H]2[C@H]1C(=O)N[C@@H](Cc1ccc3ccccc3c1)C(=O)C[C@H](C(=O)O)Cc1ccc(cc1)OCc1cn(nn1)[C@@H]1CCN(C(=O)[C@@H](NC(=O)[C@H](C)NC)C(C)(C)C)[C@@H]1C(=O)N[C@@H](Cc1ccc3ccccc3c1)C(=O)N[C@H](C(=O)O)Cc1ccc(cc1)OCc1cn2nn1)C(C)(C)C. The van der Waals surface area contributed by atoms with Crippen LogP contribution in [-0.2, 0) is 86.8 Å². The summed E-state index contributed by atoms with van der Waals surface area (Å²) in [5, 5.41) is 63.2. The minimum atomic E-state index is -1.53. The first-order valence-corrected chi connectivity index (χ1v) is 37.1. The van der Waals surface area contributed by atoms with Crippen LogP contribution < -0.4 is 46.7 Å². The largest absolute Gasteiger partial charge is 0.487 e. The van der Waals surface area contributed by atoms with Crippen molar-refractivity contribution < 1.29 is 67.6 Å². The summed E-state index contributed by atoms with van der Waals surface area (Å²) in [6, 6.07) is 27.0. The van der Waals surface area contributed by atoms with Crippen LogP contribution in [-0.4, -0.2) is 191 Å². The lowest BCUT2D eigenvalue weighted by Gasteiger charge is -2.37. The van der Waals surface area contributed by atoms with Gasteiger partial charge in [-0.1, -0.05) is 161 Å². The van der Waals surface area contributed by atoms with E-state index in [1.807, 2.05) is 84.9 Å². The molecule has 6 aliphatic heterocycles. The molecule has 0 aliphatic carbocycles. The number of rotatable bonds is 14. The fourth-order valence-electron chi connectivity index (χ4n) is 14.3. The van der Waals surface area contributed by atoms with Crippen LogP contribution in [0.25, 0.3) is 21.5 Å². The van der Waals surface area contributed by atoms with Crippen molar-refractivity contribution >= 4 is 80.6 Å². The summed E-state index contributed by atoms with van der Waals surface area (Å²) >= 11 is 0. The maximum Gasteiger partial charge on any atom is 0.326 e. The number of nitrogens with zero attached hydrogens (tertiary/aromatic N) is 8. The van der Waals surface area contributed by atoms with Gasteiger partial charge in [0.25, 0.3) is 0 Å². The van der Waals surface area contributed by atoms with Crippen LogP contribution in [0.2, 0.25) is 0 Å². The van der Waals surface area contributed by atoms with E-state index in [1.54, 1.807) is 130 Å². The van der Waals surface area contributed by atoms with E-state index in [1.165, 1.54) is 19.2 Å². The molecule has 8 heterocycles. The van der Waals surface area contributed by atoms with E-state index in [4.69, 9.17) is 9.47 Å². The van der Waals surface area contributed by atoms with Crippen LogP contribution in [0.1, 0.15) is 120 Å². The third-order valence-electron chi connectivity index (χ3n) is 20.9. The zero-order chi connectivity index (χ0) is 78.9. The number of carboxylic acid groups (broad SMARTS) is 2. The number of amides is 7. The van der Waals surface area contributed by atoms with Gasteiger partial charge in [-0.3, -0.25) is 43.2 Å². The lowest BCUT2D eigenvalue weighted by Crippen LogP contribution is -2.61. The van der Waals surface area contributed by atoms with E-state index < -0.39 is 149 Å². The minimum absolute atomic E-state index is 0.000389. The Bertz CT molecular complexity index is 4410. The van der Waals surface area contributed by atoms with E-state index >= 15 is 28.8 Å². The van der Waals surface area contributed by atoms with Crippen LogP contribution in [0, 0.1) is 16.7 Å². The zero-order valence-electron chi connectivity index (χ0n) is 63.4. The summed E-state index contributed by atoms with van der Waals surface area (Å²) in [4.78, 5) is 148. The predicted molar refractivity (Wildman–Crippen MR) is 407 cm³/mol. The molecule has 2 aromatic heterocycles. The molecule has 29 nitrogen and oxygen atoms in total. The van der Waals surface area contributed by atoms with Gasteiger partial charge in [-0.25, -0.2) is 14.2 Å². The maximum atomic E-state index is 15.6. The number of ketones is 1. The number of nitrogens with one attached hydrogen (secondary N) is 7. The molecule has 8 bridgehead atoms. The van der Waals surface area contributed by atoms with Crippen molar-refractivity contribution in [2.45, 2.75) is 180 Å². The monoisotopic (exact) mass is 1500 g/mol. The first kappa shape index (κ1) is 79.6. The molecule has 14 rings (SSSR count). The second-order valence-corrected chi connectivity index (χ2v) is 31.0. The third-order valence-corrected chi connectivity index (χ3v) is 20.9. The fourth-order valence-corrected chi connectivity index (χ4v) is 14.3. The topological polar surface area (TPSA) is 382 Å². The average Bonchev–Trinajstić information content (AvgIpc) is 1.62. The van der Waals surface area contributed by atoms with Gasteiger partial charge in [0.2, 0.25) is 41.4 Å². The molecule has 29 heteroatoms. The Kier molecular flexibility index (Phi) is 24.9. The molecule has 110 heavy (non-hydrogen) atoms. The molecule has 0 radical (unpaired) electrons. The third kappa shape index (κ3) is 19.1. The normalized spacial score (nSPS) is 21.7. The van der Waals surface area contributed by atoms with Gasteiger partial charge in [-0.2, -0.15) is 0 Å². The number of carbonyl (C=O) groups is 10. The van der Waals surface area contributed by atoms with E-state index in [-0.39, 0.29) is 64.8 Å². The smallest absolute Gasteiger partial charge is 0.326 e. The predicted octanol–water partition coefficient (Wildman–Crippen LogP) is 5.38. The summed E-state index contributed by atoms with van der Waals surface area (Å²) in [5.41, 5.74) is 1.15. The lowest BCUT2D eigenvalue weighted by molar-refractivity contribution is -0.146. The lowest BCUT2D eigenvalue weighted by atomic mass is 9.85. The summed E-state index contributed by atoms with van der Waals surface area (Å²) in [7, 11) is 3.23. The molecule has 0 spiro atoms. The fraction of sp³-hybridized carbons (Fsp3) is 0.432. The first-order chi connectivity index (χ1) is 52.4. The standard InChI is InChI=1S/C81H97N15O14/c1-46(82-9)71(98)87-69(80(3,4)5)76(103)93-33-31-64-67(93)74(101)84-61(39-50-19-25-52-15-11-13-17-54(52)36-50)66(97)41-56(78(105)106)35-48-21-27-59(28-22-48)109-44-58-43-96(92-90-58)65-32-34-94(77(104)70(81(6,7)8)88-72(99)47(2)83-10)68(65)75(102)85-62(40-51-20-26-53-16-12-14-18-55(53)37-51)73(100)86-63(79(107)108)38-49-23-29-60(30-24-49)110-45-57-42-95(64)91-89-57/h11-30,36-37,42-43,46-47,56,61-65,67-70,82-83H,31-35,38-41,44-45H2,1-10H3,(H,84,101)(H,85,102)(H,86,100)(H,87,98)(H,88,99)(H,105,106)(H,107,108)/t46-,47-,56+,61-,62-,63-,64+,65+,67-,68-,69+,70+/m0/s1. The molecule has 0 unspecified atom stereocenters. The Hall–Kier alpha value is -11.5. The van der Waals surface area contributed by atoms with Crippen molar-refractivity contribution in [2.24, 2.45) is 16.7 Å². The first-order valence-electron chi connectivity index (χ1n) is 37.1. The Morgan fingerprint density at radius 2 is 0.936 bits per heavy atom. The summed E-state index contributed by atoms with van der Waals surface area (Å²) < 4.78 is 15.3. The zero-order valence-corrected chi connectivity index (χ0v) is 63.4. The van der Waals surface area contributed by atoms with Crippen LogP contribution in [0.15, 0.2) is 146 Å². The molecule has 2 saturated heterocycles. The van der Waals surface area contributed by atoms with E-state index in [9.17, 15) is 29.4 Å². The molecule has 2 fully saturated rings. The molecule has 0 saturated carbocycles. The van der Waals surface area contributed by atoms with Gasteiger partial charge in [-0.05, 0) is 133 Å². The number of carbonyl (C=O) groups excluding carboxylic acids is 8. The van der Waals surface area contributed by atoms with E-state index in [0.717, 1.165) is 21.5 Å². The second kappa shape index (κ2) is 34.4. The van der Waals surface area contributed by atoms with Crippen molar-refractivity contribution in [3.05, 3.63) is 179 Å². The Labute approximate surface area is 637 Å². The number of hydrogen-bond acceptors (Lipinski definition) is 18. The van der Waals surface area contributed by atoms with E-state index in [2.05, 4.69) is 57.8 Å². The van der Waals surface area contributed by atoms with Gasteiger partial charge in [0.05, 0.1) is 48.5 Å². The molecule has 8 aromatic rings. The summed E-state index contributed by atoms with van der Waals surface area (Å²) in [5.74, 6) is -8.24. The molecule has 12 atom stereocenters. The highest BCUT2D eigenvalue weighted by Crippen LogP contribution is 2.36. The molecule has 9 N–H and O–H groups in total. The number of hydrogen-bond donors (Lipinski definition) is 9. The molecular weight excluding hydrogens is 1410 g/mol. The van der Waals surface area contributed by atoms with E-state index in [0.29, 0.717) is 45.1 Å². The van der Waals surface area contributed by atoms with Crippen molar-refractivity contribution in [1.29, 1.82) is 0 Å². The Balaban J connectivity index is 0.941. The summed E-state index contributed by atoms with van der Waals surface area (Å²) in [6.45, 7) is 13.7. The Morgan fingerprint density at radius 3 is 1.35 bits per heavy atom. The van der Waals surface area contributed by atoms with Gasteiger partial charge in [0.15, 0.2) is 5.78 Å². The number of carboxylic acids is 2. The van der Waals surface area contributed by atoms with Crippen molar-refractivity contribution in [3.8, 4) is 11.5 Å². The highest BCUT2D eigenvalue weighted by molar-refractivity contribution is 5.99. The summed E-state index contributed by atoms with van der Waals surface area (Å²) in [6.07, 6.45) is 2.45. The van der Waals surface area contributed by atoms with Gasteiger partial charge in [-0.15, -0.1) is 10.2 Å². The van der Waals surface area contributed by atoms with Gasteiger partial charge in [0.1, 0.15) is 72.4 Å². The number of aromatic nitrogens is 6. The van der Waals surface area contributed by atoms with Crippen LogP contribution in [0.5, 0.6) is 11.5 Å². The van der Waals surface area contributed by atoms with Gasteiger partial charge < -0.3 is 66.7 Å². The van der Waals surface area contributed by atoms with Gasteiger partial charge in [0, 0.05) is 32.4 Å². The average molecular weight is 1500 g/mol. The van der Waals surface area contributed by atoms with Crippen molar-refractivity contribution in [1.82, 2.24) is 77.0 Å². The minimum Gasteiger partial charge on any atom is -0.487 e. The van der Waals surface area contributed by atoms with Crippen LogP contribution >= 0.6 is 0 Å². The highest BCUT2D eigenvalue weighted by atomic mass is 16.5. The molecular formula is C81H97N15O14. The Morgan fingerprint density at radius 1 is 0.518 bits per heavy atom. The number of likely N-dealkylation sites (N-methyl/N-ethyl adjacent to an activating group) is 2. The number of ether oxygens (including phenoxy) is 2. The van der Waals surface area contributed by atoms with Crippen LogP contribution in [0.4, 0.5) is 0 Å². The van der Waals surface area contributed by atoms with Crippen molar-refractivity contribution in [2.75, 3.05) is 27.2 Å². The quantitative estimate of drug-likeness (QED) is 0.0660. The number of likely N-dealkylation sites (tertiary alicyclic amines) is 2. The number of Topliss-reactive ketones (excluding diaryl/α,β-unsaturated/α-hetero) is 1. The molecule has 7 amide bonds. The highest BCUT2D eigenvalue weighted by Gasteiger charge is 2.51. The number of aliphatic carboxylic acids is 2. The maximum absolute atomic E-state index is 15.6. The molecule has 6 aliphatic rings. The van der Waals surface area contributed by atoms with Crippen molar-refractivity contribution in [3.63, 3.8) is 0 Å².